The second-order valence-electron chi connectivity index (χ2n) is 3.77. The molecule has 0 atom stereocenters. The molecule has 0 amide bonds. The lowest BCUT2D eigenvalue weighted by Crippen LogP contribution is -2.01. The number of nitrogens with one attached hydrogen (secondary N) is 1. The molecule has 0 saturated heterocycles. The Morgan fingerprint density at radius 3 is 2.78 bits per heavy atom. The molecule has 0 spiro atoms. The number of hydrogen-bond acceptors (Lipinski definition) is 3. The highest BCUT2D eigenvalue weighted by atomic mass is 79.9. The van der Waals surface area contributed by atoms with Gasteiger partial charge in [0.15, 0.2) is 5.82 Å². The fourth-order valence-corrected chi connectivity index (χ4v) is 1.97. The second kappa shape index (κ2) is 5.23. The van der Waals surface area contributed by atoms with Crippen LogP contribution in [0.4, 0.5) is 10.1 Å². The zero-order valence-electron chi connectivity index (χ0n) is 9.63. The summed E-state index contributed by atoms with van der Waals surface area (Å²) >= 11 is 3.06. The minimum absolute atomic E-state index is 0.172. The Labute approximate surface area is 112 Å². The van der Waals surface area contributed by atoms with Gasteiger partial charge in [-0.05, 0) is 47.1 Å². The van der Waals surface area contributed by atoms with Crippen LogP contribution in [-0.4, -0.2) is 0 Å². The summed E-state index contributed by atoms with van der Waals surface area (Å²) in [7, 11) is 0. The van der Waals surface area contributed by atoms with Crippen molar-refractivity contribution in [2.45, 2.75) is 13.5 Å². The lowest BCUT2D eigenvalue weighted by Gasteiger charge is -2.07. The Bertz CT molecular complexity index is 616. The first-order valence-electron chi connectivity index (χ1n) is 5.29. The summed E-state index contributed by atoms with van der Waals surface area (Å²) in [6.07, 6.45) is 0. The molecule has 3 nitrogen and oxygen atoms in total. The largest absolute Gasteiger partial charge is 0.465 e. The molecule has 2 rings (SSSR count). The number of hydrogen-bond donors (Lipinski definition) is 1. The van der Waals surface area contributed by atoms with E-state index in [1.54, 1.807) is 6.07 Å². The first-order valence-corrected chi connectivity index (χ1v) is 6.08. The Morgan fingerprint density at radius 1 is 1.39 bits per heavy atom. The van der Waals surface area contributed by atoms with E-state index in [0.717, 1.165) is 11.5 Å². The third-order valence-corrected chi connectivity index (χ3v) is 3.23. The molecule has 0 bridgehead atoms. The molecule has 5 heteroatoms. The smallest absolute Gasteiger partial charge is 0.161 e. The summed E-state index contributed by atoms with van der Waals surface area (Å²) in [5.74, 6) is 1.07. The average Bonchev–Trinajstić information content (AvgIpc) is 2.77. The molecule has 0 aliphatic carbocycles. The molecule has 1 N–H and O–H groups in total. The summed E-state index contributed by atoms with van der Waals surface area (Å²) in [5.41, 5.74) is 0.599. The van der Waals surface area contributed by atoms with Crippen molar-refractivity contribution in [3.8, 4) is 6.07 Å². The fraction of sp³-hybridized carbons (Fsp3) is 0.154. The molecule has 1 aromatic heterocycles. The Kier molecular flexibility index (Phi) is 3.68. The predicted molar refractivity (Wildman–Crippen MR) is 69.6 cm³/mol. The molecule has 2 aromatic rings. The van der Waals surface area contributed by atoms with Gasteiger partial charge in [0.2, 0.25) is 0 Å². The molecule has 92 valence electrons. The quantitative estimate of drug-likeness (QED) is 0.933. The second-order valence-corrected chi connectivity index (χ2v) is 4.56. The molecular weight excluding hydrogens is 299 g/mol. The Morgan fingerprint density at radius 2 is 2.17 bits per heavy atom. The van der Waals surface area contributed by atoms with Gasteiger partial charge in [0, 0.05) is 0 Å². The van der Waals surface area contributed by atoms with E-state index < -0.39 is 5.82 Å². The SMILES string of the molecule is Cc1ccc(CNc2ccc(C#N)c(Br)c2F)o1. The van der Waals surface area contributed by atoms with E-state index >= 15 is 0 Å². The van der Waals surface area contributed by atoms with Crippen LogP contribution in [-0.2, 0) is 6.54 Å². The van der Waals surface area contributed by atoms with Crippen LogP contribution < -0.4 is 5.32 Å². The van der Waals surface area contributed by atoms with Crippen molar-refractivity contribution in [2.24, 2.45) is 0 Å². The van der Waals surface area contributed by atoms with Crippen molar-refractivity contribution in [3.05, 3.63) is 51.6 Å². The average molecular weight is 309 g/mol. The maximum atomic E-state index is 13.9. The lowest BCUT2D eigenvalue weighted by atomic mass is 10.2. The van der Waals surface area contributed by atoms with Gasteiger partial charge in [-0.2, -0.15) is 5.26 Å². The molecule has 0 saturated carbocycles. The van der Waals surface area contributed by atoms with E-state index in [0.29, 0.717) is 12.2 Å². The third-order valence-electron chi connectivity index (χ3n) is 2.45. The van der Waals surface area contributed by atoms with Crippen LogP contribution in [0.1, 0.15) is 17.1 Å². The van der Waals surface area contributed by atoms with Crippen LogP contribution in [0, 0.1) is 24.1 Å². The van der Waals surface area contributed by atoms with Gasteiger partial charge >= 0.3 is 0 Å². The number of nitrogens with zero attached hydrogens (tertiary/aromatic N) is 1. The van der Waals surface area contributed by atoms with E-state index in [2.05, 4.69) is 21.2 Å². The number of furan rings is 1. The number of aryl methyl sites for hydroxylation is 1. The van der Waals surface area contributed by atoms with Crippen LogP contribution >= 0.6 is 15.9 Å². The molecule has 0 unspecified atom stereocenters. The van der Waals surface area contributed by atoms with Crippen LogP contribution in [0.3, 0.4) is 0 Å². The first kappa shape index (κ1) is 12.7. The summed E-state index contributed by atoms with van der Waals surface area (Å²) in [6.45, 7) is 2.24. The molecule has 18 heavy (non-hydrogen) atoms. The van der Waals surface area contributed by atoms with E-state index in [-0.39, 0.29) is 10.0 Å². The van der Waals surface area contributed by atoms with Gasteiger partial charge in [0.05, 0.1) is 22.3 Å². The first-order chi connectivity index (χ1) is 8.61. The van der Waals surface area contributed by atoms with E-state index in [1.807, 2.05) is 25.1 Å². The zero-order chi connectivity index (χ0) is 13.1. The lowest BCUT2D eigenvalue weighted by molar-refractivity contribution is 0.490. The van der Waals surface area contributed by atoms with Gasteiger partial charge in [0.25, 0.3) is 0 Å². The minimum Gasteiger partial charge on any atom is -0.465 e. The summed E-state index contributed by atoms with van der Waals surface area (Å²) < 4.78 is 19.4. The zero-order valence-corrected chi connectivity index (χ0v) is 11.2. The summed E-state index contributed by atoms with van der Waals surface area (Å²) in [5, 5.41) is 11.7. The highest BCUT2D eigenvalue weighted by molar-refractivity contribution is 9.10. The van der Waals surface area contributed by atoms with Gasteiger partial charge in [-0.1, -0.05) is 0 Å². The van der Waals surface area contributed by atoms with E-state index in [4.69, 9.17) is 9.68 Å². The van der Waals surface area contributed by atoms with Gasteiger partial charge in [0.1, 0.15) is 17.6 Å². The number of benzene rings is 1. The maximum Gasteiger partial charge on any atom is 0.161 e. The summed E-state index contributed by atoms with van der Waals surface area (Å²) in [6, 6.07) is 8.68. The predicted octanol–water partition coefficient (Wildman–Crippen LogP) is 3.97. The van der Waals surface area contributed by atoms with Crippen molar-refractivity contribution in [1.82, 2.24) is 0 Å². The minimum atomic E-state index is -0.475. The number of halogens is 2. The van der Waals surface area contributed by atoms with Gasteiger partial charge < -0.3 is 9.73 Å². The monoisotopic (exact) mass is 308 g/mol. The van der Waals surface area contributed by atoms with Crippen molar-refractivity contribution in [2.75, 3.05) is 5.32 Å². The van der Waals surface area contributed by atoms with Gasteiger partial charge in [-0.15, -0.1) is 0 Å². The topological polar surface area (TPSA) is 49.0 Å². The Balaban J connectivity index is 2.15. The fourth-order valence-electron chi connectivity index (χ4n) is 1.53. The van der Waals surface area contributed by atoms with Crippen LogP contribution in [0.2, 0.25) is 0 Å². The highest BCUT2D eigenvalue weighted by Crippen LogP contribution is 2.26. The maximum absolute atomic E-state index is 13.9. The molecule has 0 aliphatic heterocycles. The molecule has 1 heterocycles. The van der Waals surface area contributed by atoms with Gasteiger partial charge in [-0.25, -0.2) is 4.39 Å². The van der Waals surface area contributed by atoms with Crippen LogP contribution in [0.15, 0.2) is 33.2 Å². The highest BCUT2D eigenvalue weighted by Gasteiger charge is 2.11. The molecule has 1 aromatic carbocycles. The molecule has 0 fully saturated rings. The number of rotatable bonds is 3. The third kappa shape index (κ3) is 2.54. The van der Waals surface area contributed by atoms with E-state index in [1.165, 1.54) is 6.07 Å². The Hall–Kier alpha value is -1.80. The normalized spacial score (nSPS) is 10.1. The van der Waals surface area contributed by atoms with Crippen molar-refractivity contribution < 1.29 is 8.81 Å². The molecule has 0 radical (unpaired) electrons. The van der Waals surface area contributed by atoms with Crippen molar-refractivity contribution in [3.63, 3.8) is 0 Å². The number of anilines is 1. The van der Waals surface area contributed by atoms with Gasteiger partial charge in [-0.3, -0.25) is 0 Å². The van der Waals surface area contributed by atoms with Crippen molar-refractivity contribution >= 4 is 21.6 Å². The molecular formula is C13H10BrFN2O. The summed E-state index contributed by atoms with van der Waals surface area (Å²) in [4.78, 5) is 0. The van der Waals surface area contributed by atoms with Crippen LogP contribution in [0.5, 0.6) is 0 Å². The number of nitriles is 1. The molecule has 0 aliphatic rings. The van der Waals surface area contributed by atoms with Crippen molar-refractivity contribution in [1.29, 1.82) is 5.26 Å². The van der Waals surface area contributed by atoms with Crippen LogP contribution in [0.25, 0.3) is 0 Å². The van der Waals surface area contributed by atoms with E-state index in [9.17, 15) is 4.39 Å². The standard InChI is InChI=1S/C13H10BrFN2O/c1-8-2-4-10(18-8)7-17-11-5-3-9(6-16)12(14)13(11)15/h2-5,17H,7H2,1H3.